The third-order valence-electron chi connectivity index (χ3n) is 4.48. The number of aromatic nitrogens is 1. The maximum absolute atomic E-state index is 11.2. The van der Waals surface area contributed by atoms with Crippen molar-refractivity contribution in [1.29, 1.82) is 0 Å². The minimum Gasteiger partial charge on any atom is -0.390 e. The molecule has 0 aliphatic carbocycles. The number of nitrogens with zero attached hydrogens (tertiary/aromatic N) is 2. The molecule has 0 radical (unpaired) electrons. The Balaban J connectivity index is 2.05. The molecule has 4 nitrogen and oxygen atoms in total. The summed E-state index contributed by atoms with van der Waals surface area (Å²) < 4.78 is 2.00. The summed E-state index contributed by atoms with van der Waals surface area (Å²) in [5, 5.41) is 11.5. The summed E-state index contributed by atoms with van der Waals surface area (Å²) in [6, 6.07) is 7.86. The van der Waals surface area contributed by atoms with E-state index in [1.165, 1.54) is 12.8 Å². The summed E-state index contributed by atoms with van der Waals surface area (Å²) in [6.45, 7) is 7.67. The Morgan fingerprint density at radius 2 is 1.83 bits per heavy atom. The lowest BCUT2D eigenvalue weighted by Gasteiger charge is -2.25. The van der Waals surface area contributed by atoms with Crippen molar-refractivity contribution < 1.29 is 9.90 Å². The molecular weight excluding hydrogens is 300 g/mol. The smallest absolute Gasteiger partial charge is 0.152 e. The van der Waals surface area contributed by atoms with E-state index in [4.69, 9.17) is 0 Å². The second-order valence-corrected chi connectivity index (χ2v) is 6.53. The molecule has 0 saturated carbocycles. The van der Waals surface area contributed by atoms with E-state index in [1.807, 2.05) is 35.0 Å². The van der Waals surface area contributed by atoms with Crippen molar-refractivity contribution in [3.8, 4) is 0 Å². The first-order chi connectivity index (χ1) is 11.7. The minimum absolute atomic E-state index is 0.436. The summed E-state index contributed by atoms with van der Waals surface area (Å²) in [7, 11) is 0. The van der Waals surface area contributed by atoms with E-state index in [0.29, 0.717) is 18.7 Å². The maximum Gasteiger partial charge on any atom is 0.152 e. The van der Waals surface area contributed by atoms with Crippen LogP contribution in [0.1, 0.15) is 49.9 Å². The molecule has 4 heteroatoms. The van der Waals surface area contributed by atoms with E-state index in [1.54, 1.807) is 0 Å². The number of hydrogen-bond acceptors (Lipinski definition) is 3. The van der Waals surface area contributed by atoms with Crippen molar-refractivity contribution in [1.82, 2.24) is 9.47 Å². The third-order valence-corrected chi connectivity index (χ3v) is 4.48. The number of aliphatic hydroxyl groups excluding tert-OH is 1. The van der Waals surface area contributed by atoms with E-state index in [2.05, 4.69) is 18.7 Å². The molecule has 2 aromatic rings. The number of hydrogen-bond donors (Lipinski definition) is 1. The Morgan fingerprint density at radius 1 is 1.17 bits per heavy atom. The molecule has 24 heavy (non-hydrogen) atoms. The van der Waals surface area contributed by atoms with Gasteiger partial charge in [0.2, 0.25) is 0 Å². The topological polar surface area (TPSA) is 45.5 Å². The summed E-state index contributed by atoms with van der Waals surface area (Å²) in [5.41, 5.74) is 1.69. The molecule has 0 fully saturated rings. The van der Waals surface area contributed by atoms with Crippen molar-refractivity contribution in [2.24, 2.45) is 0 Å². The number of benzene rings is 1. The number of fused-ring (bicyclic) bond motifs is 1. The Morgan fingerprint density at radius 3 is 2.46 bits per heavy atom. The monoisotopic (exact) mass is 330 g/mol. The van der Waals surface area contributed by atoms with Crippen molar-refractivity contribution in [2.75, 3.05) is 19.6 Å². The first kappa shape index (κ1) is 18.7. The van der Waals surface area contributed by atoms with Crippen molar-refractivity contribution in [3.05, 3.63) is 36.0 Å². The van der Waals surface area contributed by atoms with Gasteiger partial charge in [-0.1, -0.05) is 44.9 Å². The van der Waals surface area contributed by atoms with E-state index >= 15 is 0 Å². The fourth-order valence-corrected chi connectivity index (χ4v) is 3.16. The highest BCUT2D eigenvalue weighted by Gasteiger charge is 2.14. The molecule has 0 saturated heterocycles. The highest BCUT2D eigenvalue weighted by Crippen LogP contribution is 2.20. The quantitative estimate of drug-likeness (QED) is 0.639. The van der Waals surface area contributed by atoms with Gasteiger partial charge < -0.3 is 14.6 Å². The van der Waals surface area contributed by atoms with Crippen LogP contribution in [0.3, 0.4) is 0 Å². The number of rotatable bonds is 11. The van der Waals surface area contributed by atoms with E-state index in [-0.39, 0.29) is 0 Å². The van der Waals surface area contributed by atoms with Gasteiger partial charge in [-0.15, -0.1) is 0 Å². The lowest BCUT2D eigenvalue weighted by Crippen LogP contribution is -2.36. The Labute approximate surface area is 145 Å². The highest BCUT2D eigenvalue weighted by molar-refractivity contribution is 5.97. The molecule has 0 amide bonds. The van der Waals surface area contributed by atoms with Gasteiger partial charge in [-0.25, -0.2) is 0 Å². The van der Waals surface area contributed by atoms with Crippen LogP contribution in [-0.2, 0) is 6.54 Å². The number of carbonyl (C=O) groups is 1. The van der Waals surface area contributed by atoms with E-state index in [0.717, 1.165) is 43.1 Å². The van der Waals surface area contributed by atoms with Gasteiger partial charge in [0.25, 0.3) is 0 Å². The van der Waals surface area contributed by atoms with E-state index < -0.39 is 6.10 Å². The second kappa shape index (κ2) is 9.60. The second-order valence-electron chi connectivity index (χ2n) is 6.53. The van der Waals surface area contributed by atoms with Crippen LogP contribution in [0.4, 0.5) is 0 Å². The number of aldehydes is 1. The minimum atomic E-state index is -0.436. The van der Waals surface area contributed by atoms with E-state index in [9.17, 15) is 9.90 Å². The summed E-state index contributed by atoms with van der Waals surface area (Å²) in [4.78, 5) is 13.6. The summed E-state index contributed by atoms with van der Waals surface area (Å²) in [5.74, 6) is 0. The highest BCUT2D eigenvalue weighted by atomic mass is 16.3. The van der Waals surface area contributed by atoms with Crippen molar-refractivity contribution >= 4 is 17.2 Å². The number of carbonyl (C=O) groups excluding carboxylic acids is 1. The molecule has 1 aromatic heterocycles. The van der Waals surface area contributed by atoms with Crippen LogP contribution in [0, 0.1) is 0 Å². The molecule has 0 bridgehead atoms. The number of para-hydroxylation sites is 1. The summed E-state index contributed by atoms with van der Waals surface area (Å²) >= 11 is 0. The van der Waals surface area contributed by atoms with Gasteiger partial charge in [-0.2, -0.15) is 0 Å². The van der Waals surface area contributed by atoms with Crippen LogP contribution in [0.15, 0.2) is 30.5 Å². The molecule has 1 N–H and O–H groups in total. The van der Waals surface area contributed by atoms with Gasteiger partial charge in [0, 0.05) is 35.8 Å². The van der Waals surface area contributed by atoms with Gasteiger partial charge in [0.05, 0.1) is 6.10 Å². The molecule has 0 aliphatic heterocycles. The zero-order valence-electron chi connectivity index (χ0n) is 14.9. The molecule has 1 aromatic carbocycles. The average molecular weight is 330 g/mol. The maximum atomic E-state index is 11.2. The molecule has 2 rings (SSSR count). The third kappa shape index (κ3) is 4.92. The van der Waals surface area contributed by atoms with Gasteiger partial charge >= 0.3 is 0 Å². The van der Waals surface area contributed by atoms with Crippen molar-refractivity contribution in [2.45, 2.75) is 52.2 Å². The number of unbranched alkanes of at least 4 members (excludes halogenated alkanes) is 2. The zero-order chi connectivity index (χ0) is 17.4. The molecular formula is C20H30N2O2. The fourth-order valence-electron chi connectivity index (χ4n) is 3.16. The molecule has 0 spiro atoms. The molecule has 1 atom stereocenters. The summed E-state index contributed by atoms with van der Waals surface area (Å²) in [6.07, 6.45) is 6.97. The van der Waals surface area contributed by atoms with Crippen LogP contribution in [-0.4, -0.2) is 46.6 Å². The largest absolute Gasteiger partial charge is 0.390 e. The number of aliphatic hydroxyl groups is 1. The predicted octanol–water partition coefficient (Wildman–Crippen LogP) is 3.72. The average Bonchev–Trinajstić information content (AvgIpc) is 2.95. The predicted molar refractivity (Wildman–Crippen MR) is 99.6 cm³/mol. The SMILES string of the molecule is CCCCN(CCCC)C[C@H](O)Cn1cc(C=O)c2ccccc21. The lowest BCUT2D eigenvalue weighted by atomic mass is 10.2. The van der Waals surface area contributed by atoms with Crippen LogP contribution in [0.25, 0.3) is 10.9 Å². The Hall–Kier alpha value is -1.65. The van der Waals surface area contributed by atoms with Crippen LogP contribution >= 0.6 is 0 Å². The lowest BCUT2D eigenvalue weighted by molar-refractivity contribution is 0.0971. The first-order valence-electron chi connectivity index (χ1n) is 9.13. The Bertz CT molecular complexity index is 628. The normalized spacial score (nSPS) is 12.8. The molecule has 0 unspecified atom stereocenters. The van der Waals surface area contributed by atoms with Gasteiger partial charge in [0.15, 0.2) is 6.29 Å². The fraction of sp³-hybridized carbons (Fsp3) is 0.550. The van der Waals surface area contributed by atoms with Crippen molar-refractivity contribution in [3.63, 3.8) is 0 Å². The Kier molecular flexibility index (Phi) is 7.47. The van der Waals surface area contributed by atoms with Gasteiger partial charge in [-0.05, 0) is 32.0 Å². The van der Waals surface area contributed by atoms with Crippen LogP contribution < -0.4 is 0 Å². The van der Waals surface area contributed by atoms with Crippen LogP contribution in [0.5, 0.6) is 0 Å². The molecule has 132 valence electrons. The standard InChI is InChI=1S/C20H30N2O2/c1-3-5-11-21(12-6-4-2)14-18(24)15-22-13-17(16-23)19-9-7-8-10-20(19)22/h7-10,13,16,18,24H,3-6,11-12,14-15H2,1-2H3/t18-/m0/s1. The van der Waals surface area contributed by atoms with Gasteiger partial charge in [-0.3, -0.25) is 4.79 Å². The first-order valence-corrected chi connectivity index (χ1v) is 9.13. The molecule has 0 aliphatic rings. The zero-order valence-corrected chi connectivity index (χ0v) is 14.9. The molecule has 1 heterocycles. The van der Waals surface area contributed by atoms with Crippen LogP contribution in [0.2, 0.25) is 0 Å². The van der Waals surface area contributed by atoms with Gasteiger partial charge in [0.1, 0.15) is 0 Å².